The normalized spacial score (nSPS) is 16.5. The zero-order valence-corrected chi connectivity index (χ0v) is 28.8. The van der Waals surface area contributed by atoms with Gasteiger partial charge in [0.2, 0.25) is 0 Å². The first-order chi connectivity index (χ1) is 25.1. The van der Waals surface area contributed by atoms with E-state index in [2.05, 4.69) is 84.0 Å². The molecule has 0 radical (unpaired) electrons. The van der Waals surface area contributed by atoms with Crippen molar-refractivity contribution in [1.82, 2.24) is 4.57 Å². The standard InChI is InChI=1S/C46H40N4O/c1-3-4-9-15-31(2)36-26-37(45(47)49-46(34-18-12-8-13-19-34)48-30-32-16-10-6-5-7-11-17-32)28-38(27-36)50-40-21-14-20-33-22-23-39-43(42(33)40)41(50)29-35-24-25-51-44(35)39/h3-6,8-9,12-16,18-29H,2,7,10-11,17,30H2,1H3,(H2,47,48,49)/b4-3-,6-5-,15-9-,32-16+. The summed E-state index contributed by atoms with van der Waals surface area (Å²) >= 11 is 0. The van der Waals surface area contributed by atoms with Crippen molar-refractivity contribution < 1.29 is 4.42 Å². The second kappa shape index (κ2) is 14.0. The second-order valence-corrected chi connectivity index (χ2v) is 13.1. The van der Waals surface area contributed by atoms with Crippen molar-refractivity contribution in [3.8, 4) is 5.69 Å². The average Bonchev–Trinajstić information content (AvgIpc) is 3.76. The van der Waals surface area contributed by atoms with Gasteiger partial charge in [0.05, 0.1) is 23.8 Å². The van der Waals surface area contributed by atoms with E-state index in [4.69, 9.17) is 20.1 Å². The molecule has 1 aliphatic carbocycles. The molecule has 8 rings (SSSR count). The van der Waals surface area contributed by atoms with Crippen LogP contribution in [0.2, 0.25) is 0 Å². The molecule has 7 aromatic rings. The molecule has 0 spiro atoms. The van der Waals surface area contributed by atoms with Crippen LogP contribution < -0.4 is 5.73 Å². The van der Waals surface area contributed by atoms with Crippen LogP contribution in [-0.2, 0) is 0 Å². The Morgan fingerprint density at radius 2 is 1.75 bits per heavy atom. The Morgan fingerprint density at radius 1 is 0.863 bits per heavy atom. The maximum absolute atomic E-state index is 7.00. The third kappa shape index (κ3) is 6.23. The minimum Gasteiger partial charge on any atom is -0.464 e. The van der Waals surface area contributed by atoms with Crippen LogP contribution in [-0.4, -0.2) is 22.8 Å². The van der Waals surface area contributed by atoms with Crippen LogP contribution in [0.5, 0.6) is 0 Å². The molecule has 2 heterocycles. The van der Waals surface area contributed by atoms with Gasteiger partial charge in [-0.25, -0.2) is 4.99 Å². The van der Waals surface area contributed by atoms with Crippen LogP contribution in [0.1, 0.15) is 49.3 Å². The largest absolute Gasteiger partial charge is 0.464 e. The summed E-state index contributed by atoms with van der Waals surface area (Å²) in [4.78, 5) is 10.1. The first-order valence-corrected chi connectivity index (χ1v) is 17.7. The van der Waals surface area contributed by atoms with Gasteiger partial charge < -0.3 is 14.7 Å². The van der Waals surface area contributed by atoms with Gasteiger partial charge in [-0.15, -0.1) is 0 Å². The monoisotopic (exact) mass is 664 g/mol. The highest BCUT2D eigenvalue weighted by atomic mass is 16.3. The molecule has 0 saturated carbocycles. The van der Waals surface area contributed by atoms with E-state index in [0.717, 1.165) is 81.0 Å². The first kappa shape index (κ1) is 32.0. The lowest BCUT2D eigenvalue weighted by atomic mass is 10.0. The minimum atomic E-state index is 0.394. The van der Waals surface area contributed by atoms with Gasteiger partial charge in [0.15, 0.2) is 5.84 Å². The number of benzene rings is 5. The predicted molar refractivity (Wildman–Crippen MR) is 216 cm³/mol. The molecule has 0 atom stereocenters. The number of hydrogen-bond donors (Lipinski definition) is 1. The molecule has 250 valence electrons. The summed E-state index contributed by atoms with van der Waals surface area (Å²) < 4.78 is 8.33. The van der Waals surface area contributed by atoms with Crippen LogP contribution in [0.4, 0.5) is 0 Å². The Labute approximate surface area is 298 Å². The molecule has 51 heavy (non-hydrogen) atoms. The highest BCUT2D eigenvalue weighted by Gasteiger charge is 2.21. The van der Waals surface area contributed by atoms with Gasteiger partial charge in [-0.1, -0.05) is 103 Å². The highest BCUT2D eigenvalue weighted by Crippen LogP contribution is 2.42. The van der Waals surface area contributed by atoms with Crippen LogP contribution in [0.3, 0.4) is 0 Å². The summed E-state index contributed by atoms with van der Waals surface area (Å²) in [6.07, 6.45) is 20.8. The molecule has 0 amide bonds. The summed E-state index contributed by atoms with van der Waals surface area (Å²) in [5, 5.41) is 5.74. The number of nitrogens with two attached hydrogens (primary N) is 1. The number of fused-ring (bicyclic) bond motifs is 2. The smallest absolute Gasteiger partial charge is 0.157 e. The number of furan rings is 1. The Balaban J connectivity index is 1.31. The molecule has 5 aromatic carbocycles. The molecular formula is C46H40N4O. The Morgan fingerprint density at radius 3 is 2.63 bits per heavy atom. The molecule has 0 fully saturated rings. The second-order valence-electron chi connectivity index (χ2n) is 13.1. The zero-order valence-electron chi connectivity index (χ0n) is 28.8. The number of hydrogen-bond acceptors (Lipinski definition) is 2. The molecular weight excluding hydrogens is 625 g/mol. The van der Waals surface area contributed by atoms with Crippen molar-refractivity contribution in [3.05, 3.63) is 169 Å². The average molecular weight is 665 g/mol. The summed E-state index contributed by atoms with van der Waals surface area (Å²) in [6, 6.07) is 31.6. The molecule has 0 bridgehead atoms. The number of nitrogens with zero attached hydrogens (tertiary/aromatic N) is 3. The van der Waals surface area contributed by atoms with Crippen molar-refractivity contribution in [2.75, 3.05) is 6.54 Å². The van der Waals surface area contributed by atoms with Gasteiger partial charge in [-0.05, 0) is 91.6 Å². The Bertz CT molecular complexity index is 2590. The van der Waals surface area contributed by atoms with Crippen LogP contribution in [0.25, 0.3) is 54.8 Å². The number of amidine groups is 2. The van der Waals surface area contributed by atoms with E-state index in [-0.39, 0.29) is 0 Å². The van der Waals surface area contributed by atoms with Gasteiger partial charge in [0, 0.05) is 38.4 Å². The van der Waals surface area contributed by atoms with Gasteiger partial charge in [-0.3, -0.25) is 4.99 Å². The molecule has 5 nitrogen and oxygen atoms in total. The lowest BCUT2D eigenvalue weighted by Gasteiger charge is -2.14. The summed E-state index contributed by atoms with van der Waals surface area (Å²) in [5.74, 6) is 1.02. The van der Waals surface area contributed by atoms with Crippen molar-refractivity contribution in [2.24, 2.45) is 15.7 Å². The van der Waals surface area contributed by atoms with Gasteiger partial charge in [0.1, 0.15) is 11.4 Å². The van der Waals surface area contributed by atoms with Gasteiger partial charge in [-0.2, -0.15) is 0 Å². The van der Waals surface area contributed by atoms with Gasteiger partial charge >= 0.3 is 0 Å². The molecule has 1 aliphatic rings. The molecule has 2 N–H and O–H groups in total. The Hall–Kier alpha value is -6.20. The fourth-order valence-corrected chi connectivity index (χ4v) is 7.18. The quantitative estimate of drug-likeness (QED) is 0.0577. The maximum Gasteiger partial charge on any atom is 0.157 e. The molecule has 5 heteroatoms. The summed E-state index contributed by atoms with van der Waals surface area (Å²) in [7, 11) is 0. The van der Waals surface area contributed by atoms with E-state index in [1.54, 1.807) is 6.26 Å². The van der Waals surface area contributed by atoms with Crippen LogP contribution in [0.15, 0.2) is 166 Å². The highest BCUT2D eigenvalue weighted by molar-refractivity contribution is 6.29. The number of rotatable bonds is 8. The molecule has 0 saturated heterocycles. The fraction of sp³-hybridized carbons (Fsp3) is 0.130. The third-order valence-corrected chi connectivity index (χ3v) is 9.71. The molecule has 0 aliphatic heterocycles. The van der Waals surface area contributed by atoms with E-state index in [1.807, 2.05) is 67.6 Å². The van der Waals surface area contributed by atoms with Crippen molar-refractivity contribution in [2.45, 2.75) is 32.6 Å². The molecule has 0 unspecified atom stereocenters. The van der Waals surface area contributed by atoms with Crippen LogP contribution >= 0.6 is 0 Å². The summed E-state index contributed by atoms with van der Waals surface area (Å²) in [6.45, 7) is 7.05. The topological polar surface area (TPSA) is 68.8 Å². The molecule has 2 aromatic heterocycles. The summed E-state index contributed by atoms with van der Waals surface area (Å²) in [5.41, 5.74) is 16.0. The Kier molecular flexibility index (Phi) is 8.77. The SMILES string of the molecule is C=C(/C=C\C=C/C)c1cc(C(N)=NC(=NC/C2=C/C/C=C\CCC2)c2ccccc2)cc(-n2c3cccc4ccc5c6occc6cc2c5c43)c1. The van der Waals surface area contributed by atoms with Crippen LogP contribution in [0, 0.1) is 0 Å². The van der Waals surface area contributed by atoms with Crippen molar-refractivity contribution in [1.29, 1.82) is 0 Å². The number of aliphatic imine (C=N–C) groups is 2. The van der Waals surface area contributed by atoms with E-state index >= 15 is 0 Å². The fourth-order valence-electron chi connectivity index (χ4n) is 7.18. The third-order valence-electron chi connectivity index (χ3n) is 9.71. The maximum atomic E-state index is 7.00. The number of allylic oxidation sites excluding steroid dienone is 8. The first-order valence-electron chi connectivity index (χ1n) is 17.7. The predicted octanol–water partition coefficient (Wildman–Crippen LogP) is 11.5. The van der Waals surface area contributed by atoms with E-state index in [9.17, 15) is 0 Å². The zero-order chi connectivity index (χ0) is 34.7. The number of aromatic nitrogens is 1. The van der Waals surface area contributed by atoms with Crippen molar-refractivity contribution in [3.63, 3.8) is 0 Å². The lowest BCUT2D eigenvalue weighted by Crippen LogP contribution is -2.17. The van der Waals surface area contributed by atoms with E-state index < -0.39 is 0 Å². The minimum absolute atomic E-state index is 0.394. The van der Waals surface area contributed by atoms with Crippen molar-refractivity contribution >= 4 is 60.8 Å². The van der Waals surface area contributed by atoms with Gasteiger partial charge in [0.25, 0.3) is 0 Å². The van der Waals surface area contributed by atoms with E-state index in [1.165, 1.54) is 21.7 Å². The lowest BCUT2D eigenvalue weighted by molar-refractivity contribution is 0.619. The van der Waals surface area contributed by atoms with E-state index in [0.29, 0.717) is 18.2 Å².